The summed E-state index contributed by atoms with van der Waals surface area (Å²) >= 11 is 0. The van der Waals surface area contributed by atoms with Crippen molar-refractivity contribution in [3.63, 3.8) is 0 Å². The number of allylic oxidation sites excluding steroid dienone is 1. The number of esters is 2. The molecule has 242 valence electrons. The lowest BCUT2D eigenvalue weighted by Crippen LogP contribution is -2.38. The van der Waals surface area contributed by atoms with Crippen molar-refractivity contribution >= 4 is 47.8 Å². The van der Waals surface area contributed by atoms with Gasteiger partial charge < -0.3 is 34.8 Å². The molecule has 3 aliphatic rings. The molecule has 0 radical (unpaired) electrons. The fourth-order valence-electron chi connectivity index (χ4n) is 7.83. The zero-order valence-electron chi connectivity index (χ0n) is 27.4. The van der Waals surface area contributed by atoms with Crippen LogP contribution in [0.25, 0.3) is 30.1 Å². The van der Waals surface area contributed by atoms with E-state index in [0.29, 0.717) is 34.5 Å². The number of hydrogen-bond donors (Lipinski definition) is 5. The zero-order valence-corrected chi connectivity index (χ0v) is 27.4. The van der Waals surface area contributed by atoms with Crippen molar-refractivity contribution in [2.24, 2.45) is 17.8 Å². The van der Waals surface area contributed by atoms with Crippen molar-refractivity contribution < 1.29 is 29.0 Å². The van der Waals surface area contributed by atoms with Gasteiger partial charge in [0, 0.05) is 51.2 Å². The number of carbonyl (C=O) groups excluding carboxylic acids is 3. The first kappa shape index (κ1) is 31.3. The van der Waals surface area contributed by atoms with Crippen LogP contribution in [0.15, 0.2) is 5.70 Å². The molecule has 1 unspecified atom stereocenters. The summed E-state index contributed by atoms with van der Waals surface area (Å²) in [4.78, 5) is 50.4. The molecular formula is C36H42N4O6. The highest BCUT2D eigenvalue weighted by atomic mass is 16.5. The highest BCUT2D eigenvalue weighted by Crippen LogP contribution is 2.42. The molecule has 5 N–H and O–H groups in total. The molecule has 0 saturated carbocycles. The number of aliphatic hydroxyl groups is 1. The maximum atomic E-state index is 14.1. The highest BCUT2D eigenvalue weighted by Gasteiger charge is 2.49. The van der Waals surface area contributed by atoms with Gasteiger partial charge in [-0.25, -0.2) is 0 Å². The number of methoxy groups -OCH3 is 2. The van der Waals surface area contributed by atoms with E-state index < -0.39 is 17.9 Å². The van der Waals surface area contributed by atoms with Crippen molar-refractivity contribution in [1.29, 1.82) is 0 Å². The van der Waals surface area contributed by atoms with Gasteiger partial charge in [0.15, 0.2) is 5.78 Å². The number of ether oxygens (including phenoxy) is 2. The fourth-order valence-corrected chi connectivity index (χ4v) is 7.83. The molecule has 0 amide bonds. The minimum Gasteiger partial charge on any atom is -0.515 e. The van der Waals surface area contributed by atoms with Gasteiger partial charge in [0.2, 0.25) is 0 Å². The molecule has 1 aliphatic carbocycles. The van der Waals surface area contributed by atoms with Crippen LogP contribution in [0, 0.1) is 31.6 Å². The molecule has 5 heterocycles. The fraction of sp³-hybridized carbons (Fsp3) is 0.417. The van der Waals surface area contributed by atoms with E-state index in [1.54, 1.807) is 0 Å². The van der Waals surface area contributed by atoms with E-state index in [1.807, 2.05) is 26.0 Å². The van der Waals surface area contributed by atoms with E-state index >= 15 is 0 Å². The molecule has 10 heteroatoms. The van der Waals surface area contributed by atoms with Crippen LogP contribution in [0.4, 0.5) is 0 Å². The molecular weight excluding hydrogens is 584 g/mol. The van der Waals surface area contributed by atoms with E-state index in [4.69, 9.17) is 9.47 Å². The second-order valence-electron chi connectivity index (χ2n) is 12.5. The molecule has 0 spiro atoms. The Kier molecular flexibility index (Phi) is 8.08. The molecule has 0 aromatic carbocycles. The number of aromatic nitrogens is 3. The number of nitrogens with one attached hydrogen (secondary N) is 4. The van der Waals surface area contributed by atoms with Gasteiger partial charge in [0.25, 0.3) is 0 Å². The summed E-state index contributed by atoms with van der Waals surface area (Å²) < 4.78 is 10.2. The quantitative estimate of drug-likeness (QED) is 0.208. The summed E-state index contributed by atoms with van der Waals surface area (Å²) in [5, 5.41) is 16.9. The van der Waals surface area contributed by atoms with E-state index in [9.17, 15) is 19.5 Å². The summed E-state index contributed by atoms with van der Waals surface area (Å²) in [5.74, 6) is -2.49. The lowest BCUT2D eigenvalue weighted by atomic mass is 9.80. The maximum Gasteiger partial charge on any atom is 0.320 e. The predicted molar refractivity (Wildman–Crippen MR) is 175 cm³/mol. The average molecular weight is 627 g/mol. The van der Waals surface area contributed by atoms with E-state index in [0.717, 1.165) is 62.9 Å². The minimum atomic E-state index is -1.11. The van der Waals surface area contributed by atoms with Gasteiger partial charge in [-0.15, -0.1) is 0 Å². The number of carbonyl (C=O) groups is 3. The summed E-state index contributed by atoms with van der Waals surface area (Å²) in [6.07, 6.45) is 9.43. The number of Topliss-reactive ketones (excluding diaryl/α,β-unsaturated/α-hetero) is 1. The van der Waals surface area contributed by atoms with Crippen LogP contribution >= 0.6 is 0 Å². The Morgan fingerprint density at radius 2 is 1.61 bits per heavy atom. The largest absolute Gasteiger partial charge is 0.515 e. The minimum absolute atomic E-state index is 0.0363. The van der Waals surface area contributed by atoms with Gasteiger partial charge in [0.05, 0.1) is 37.2 Å². The molecule has 46 heavy (non-hydrogen) atoms. The molecule has 3 aromatic heterocycles. The number of hydrogen-bond acceptors (Lipinski definition) is 7. The lowest BCUT2D eigenvalue weighted by Gasteiger charge is -2.25. The van der Waals surface area contributed by atoms with Gasteiger partial charge in [0.1, 0.15) is 5.92 Å². The number of aliphatic hydroxyl groups excluding tert-OH is 1. The van der Waals surface area contributed by atoms with Crippen molar-refractivity contribution in [2.75, 3.05) is 14.2 Å². The Morgan fingerprint density at radius 1 is 0.913 bits per heavy atom. The summed E-state index contributed by atoms with van der Waals surface area (Å²) in [6, 6.07) is -0.426. The first-order valence-electron chi connectivity index (χ1n) is 16.0. The van der Waals surface area contributed by atoms with E-state index in [1.165, 1.54) is 19.8 Å². The van der Waals surface area contributed by atoms with Crippen LogP contribution in [0.1, 0.15) is 83.3 Å². The molecule has 10 nitrogen and oxygen atoms in total. The predicted octanol–water partition coefficient (Wildman–Crippen LogP) is 2.03. The number of H-pyrrole nitrogens is 3. The standard InChI is InChI=1S/C36H42N4O6/c1-8-19-16(3)23-12-24-17(4)21(10-11-29(42)45-6)33(39-24)31-32(36(44)46-7)35(43)30-18(5)25(40-34(30)31)13-27-20(9-2)22(15-41)28(38-27)14-26(19)37-23/h12-15,17,21,32-33,37-41H,8-11H2,1-7H3/b22-15-,24-12-,25-13-,28-14-/t17-,21-,32+,33?/m0/s1. The Hall–Kier alpha value is -4.73. The Bertz CT molecular complexity index is 2060. The smallest absolute Gasteiger partial charge is 0.320 e. The molecule has 8 bridgehead atoms. The van der Waals surface area contributed by atoms with Gasteiger partial charge in [-0.3, -0.25) is 14.4 Å². The van der Waals surface area contributed by atoms with Crippen LogP contribution in [0.3, 0.4) is 0 Å². The van der Waals surface area contributed by atoms with Crippen molar-refractivity contribution in [3.8, 4) is 0 Å². The SMILES string of the molecule is CCc1c2[nH]c(c1C)/C=C1\NC(C3=c4[nH]/c(c(C)c4C(=O)[C@@H]3C(=O)OC)=C\c3[nH]c(/c(=C\O)c3CC)=C\2)[C@@H](CCC(=O)OC)[C@@H]1C. The zero-order chi connectivity index (χ0) is 33.0. The van der Waals surface area contributed by atoms with Crippen LogP contribution in [0.2, 0.25) is 0 Å². The van der Waals surface area contributed by atoms with Crippen LogP contribution in [0.5, 0.6) is 0 Å². The Morgan fingerprint density at radius 3 is 2.26 bits per heavy atom. The van der Waals surface area contributed by atoms with Gasteiger partial charge in [-0.2, -0.15) is 0 Å². The lowest BCUT2D eigenvalue weighted by molar-refractivity contribution is -0.142. The molecule has 2 aliphatic heterocycles. The first-order valence-corrected chi connectivity index (χ1v) is 16.0. The highest BCUT2D eigenvalue weighted by molar-refractivity contribution is 6.19. The number of ketones is 1. The summed E-state index contributed by atoms with van der Waals surface area (Å²) in [7, 11) is 2.68. The Balaban J connectivity index is 1.72. The third-order valence-corrected chi connectivity index (χ3v) is 10.3. The molecule has 1 saturated heterocycles. The van der Waals surface area contributed by atoms with Crippen LogP contribution in [-0.4, -0.2) is 58.0 Å². The average Bonchev–Trinajstić information content (AvgIpc) is 3.79. The van der Waals surface area contributed by atoms with Crippen molar-refractivity contribution in [3.05, 3.63) is 71.9 Å². The normalized spacial score (nSPS) is 24.5. The van der Waals surface area contributed by atoms with E-state index in [-0.39, 0.29) is 30.0 Å². The number of rotatable bonds is 6. The second kappa shape index (κ2) is 11.9. The van der Waals surface area contributed by atoms with Gasteiger partial charge in [-0.05, 0) is 85.1 Å². The topological polar surface area (TPSA) is 149 Å². The monoisotopic (exact) mass is 626 g/mol. The summed E-state index contributed by atoms with van der Waals surface area (Å²) in [5.41, 5.74) is 8.70. The summed E-state index contributed by atoms with van der Waals surface area (Å²) in [6.45, 7) is 10.2. The van der Waals surface area contributed by atoms with Crippen LogP contribution in [-0.2, 0) is 31.9 Å². The number of aromatic amines is 3. The Labute approximate surface area is 267 Å². The first-order chi connectivity index (χ1) is 22.1. The third kappa shape index (κ3) is 4.73. The van der Waals surface area contributed by atoms with Crippen molar-refractivity contribution in [2.45, 2.75) is 66.3 Å². The maximum absolute atomic E-state index is 14.1. The third-order valence-electron chi connectivity index (χ3n) is 10.3. The molecule has 4 atom stereocenters. The molecule has 1 fully saturated rings. The second-order valence-corrected chi connectivity index (χ2v) is 12.5. The van der Waals surface area contributed by atoms with Gasteiger partial charge in [-0.1, -0.05) is 20.8 Å². The van der Waals surface area contributed by atoms with Crippen molar-refractivity contribution in [1.82, 2.24) is 20.3 Å². The van der Waals surface area contributed by atoms with E-state index in [2.05, 4.69) is 47.1 Å². The number of fused-ring (bicyclic) bond motifs is 8. The van der Waals surface area contributed by atoms with Crippen LogP contribution < -0.4 is 26.6 Å². The van der Waals surface area contributed by atoms with Gasteiger partial charge >= 0.3 is 11.9 Å². The molecule has 6 rings (SSSR count). The molecule has 3 aromatic rings.